The molecule has 0 aliphatic rings. The van der Waals surface area contributed by atoms with Crippen LogP contribution in [0.5, 0.6) is 0 Å². The van der Waals surface area contributed by atoms with Gasteiger partial charge in [-0.15, -0.1) is 11.3 Å². The summed E-state index contributed by atoms with van der Waals surface area (Å²) in [5.41, 5.74) is 0. The van der Waals surface area contributed by atoms with Gasteiger partial charge in [0.25, 0.3) is 0 Å². The second-order valence-corrected chi connectivity index (χ2v) is 5.26. The van der Waals surface area contributed by atoms with Crippen molar-refractivity contribution in [2.45, 2.75) is 0 Å². The molecule has 0 bridgehead atoms. The molecule has 0 radical (unpaired) electrons. The van der Waals surface area contributed by atoms with E-state index in [0.717, 1.165) is 4.88 Å². The van der Waals surface area contributed by atoms with Crippen LogP contribution < -0.4 is 0 Å². The van der Waals surface area contributed by atoms with Crippen LogP contribution in [0.2, 0.25) is 0 Å². The van der Waals surface area contributed by atoms with E-state index in [1.54, 1.807) is 11.3 Å². The van der Waals surface area contributed by atoms with Gasteiger partial charge in [0.05, 0.1) is 7.76 Å². The summed E-state index contributed by atoms with van der Waals surface area (Å²) in [5, 5.41) is 0. The van der Waals surface area contributed by atoms with Crippen LogP contribution in [0.4, 0.5) is 0 Å². The predicted molar refractivity (Wildman–Crippen MR) is 63.9 cm³/mol. The molecule has 0 saturated carbocycles. The summed E-state index contributed by atoms with van der Waals surface area (Å²) in [7, 11) is 0. The average molecular weight is 390 g/mol. The van der Waals surface area contributed by atoms with Gasteiger partial charge in [-0.05, 0) is 34.7 Å². The maximum absolute atomic E-state index is 4.77. The zero-order valence-corrected chi connectivity index (χ0v) is 10.6. The van der Waals surface area contributed by atoms with Gasteiger partial charge >= 0.3 is 0 Å². The van der Waals surface area contributed by atoms with Crippen molar-refractivity contribution in [2.75, 3.05) is 6.61 Å². The summed E-state index contributed by atoms with van der Waals surface area (Å²) in [6.07, 6.45) is 0. The van der Waals surface area contributed by atoms with Crippen molar-refractivity contribution in [1.82, 2.24) is 0 Å². The molecule has 11 heavy (non-hydrogen) atoms. The molecule has 0 spiro atoms. The summed E-state index contributed by atoms with van der Waals surface area (Å²) in [6, 6.07) is 4.08. The van der Waals surface area contributed by atoms with Gasteiger partial charge in [0, 0.05) is 0 Å². The topological polar surface area (TPSA) is 9.23 Å². The molecule has 0 atom stereocenters. The summed E-state index contributed by atoms with van der Waals surface area (Å²) in [4.78, 5) is 1.10. The van der Waals surface area contributed by atoms with E-state index in [1.165, 1.54) is 2.88 Å². The van der Waals surface area contributed by atoms with E-state index in [2.05, 4.69) is 40.5 Å². The van der Waals surface area contributed by atoms with E-state index in [4.69, 9.17) is 3.07 Å². The van der Waals surface area contributed by atoms with Gasteiger partial charge in [0.1, 0.15) is 29.6 Å². The van der Waals surface area contributed by atoms with Gasteiger partial charge < -0.3 is 3.07 Å². The number of thiophene rings is 1. The lowest BCUT2D eigenvalue weighted by Crippen LogP contribution is -1.73. The Morgan fingerprint density at radius 3 is 2.91 bits per heavy atom. The van der Waals surface area contributed by atoms with Gasteiger partial charge in [-0.1, -0.05) is 11.8 Å². The van der Waals surface area contributed by atoms with E-state index >= 15 is 0 Å². The molecule has 0 N–H and O–H groups in total. The van der Waals surface area contributed by atoms with Crippen LogP contribution in [0.1, 0.15) is 4.88 Å². The van der Waals surface area contributed by atoms with Crippen LogP contribution >= 0.6 is 56.9 Å². The van der Waals surface area contributed by atoms with Crippen LogP contribution in [0.3, 0.4) is 0 Å². The van der Waals surface area contributed by atoms with Crippen molar-refractivity contribution in [3.8, 4) is 11.8 Å². The van der Waals surface area contributed by atoms with Gasteiger partial charge in [0.2, 0.25) is 0 Å². The summed E-state index contributed by atoms with van der Waals surface area (Å²) in [6.45, 7) is 0.495. The Morgan fingerprint density at radius 2 is 2.36 bits per heavy atom. The lowest BCUT2D eigenvalue weighted by Gasteiger charge is -1.78. The Morgan fingerprint density at radius 1 is 1.55 bits per heavy atom. The highest BCUT2D eigenvalue weighted by Gasteiger charge is 1.90. The number of hydrogen-bond donors (Lipinski definition) is 0. The third-order valence-electron chi connectivity index (χ3n) is 0.912. The molecule has 0 amide bonds. The minimum absolute atomic E-state index is 0.495. The Balaban J connectivity index is 2.59. The van der Waals surface area contributed by atoms with E-state index < -0.39 is 0 Å². The van der Waals surface area contributed by atoms with E-state index in [1.807, 2.05) is 29.1 Å². The Bertz CT molecular complexity index is 284. The largest absolute Gasteiger partial charge is 0.303 e. The first kappa shape index (κ1) is 9.77. The molecule has 0 aliphatic heterocycles. The standard InChI is InChI=1S/C7H4I2OS/c8-7-4-3-6(11-7)2-1-5-10-9/h3-4H,5H2. The van der Waals surface area contributed by atoms with E-state index in [0.29, 0.717) is 6.61 Å². The highest BCUT2D eigenvalue weighted by atomic mass is 127. The molecule has 1 heterocycles. The Kier molecular flexibility index (Phi) is 4.75. The van der Waals surface area contributed by atoms with Crippen molar-refractivity contribution in [3.05, 3.63) is 19.9 Å². The molecule has 1 nitrogen and oxygen atoms in total. The van der Waals surface area contributed by atoms with E-state index in [-0.39, 0.29) is 0 Å². The molecule has 0 aromatic carbocycles. The lowest BCUT2D eigenvalue weighted by atomic mass is 10.5. The monoisotopic (exact) mass is 390 g/mol. The highest BCUT2D eigenvalue weighted by Crippen LogP contribution is 2.16. The van der Waals surface area contributed by atoms with Crippen molar-refractivity contribution in [2.24, 2.45) is 0 Å². The molecular weight excluding hydrogens is 386 g/mol. The second kappa shape index (κ2) is 5.35. The fraction of sp³-hybridized carbons (Fsp3) is 0.143. The summed E-state index contributed by atoms with van der Waals surface area (Å²) in [5.74, 6) is 5.89. The van der Waals surface area contributed by atoms with Gasteiger partial charge in [-0.3, -0.25) is 0 Å². The number of hydrogen-bond acceptors (Lipinski definition) is 2. The van der Waals surface area contributed by atoms with Crippen molar-refractivity contribution < 1.29 is 3.07 Å². The van der Waals surface area contributed by atoms with Crippen molar-refractivity contribution >= 4 is 56.9 Å². The van der Waals surface area contributed by atoms with Gasteiger partial charge in [-0.25, -0.2) is 0 Å². The lowest BCUT2D eigenvalue weighted by molar-refractivity contribution is 0.498. The number of rotatable bonds is 1. The zero-order chi connectivity index (χ0) is 8.10. The van der Waals surface area contributed by atoms with Crippen LogP contribution in [0.25, 0.3) is 0 Å². The van der Waals surface area contributed by atoms with Gasteiger partial charge in [0.15, 0.2) is 0 Å². The molecule has 1 aromatic heterocycles. The SMILES string of the molecule is IOCC#Cc1ccc(I)s1. The van der Waals surface area contributed by atoms with Crippen LogP contribution in [0.15, 0.2) is 12.1 Å². The van der Waals surface area contributed by atoms with Crippen LogP contribution in [-0.2, 0) is 3.07 Å². The van der Waals surface area contributed by atoms with Crippen molar-refractivity contribution in [1.29, 1.82) is 0 Å². The molecule has 0 saturated heterocycles. The molecule has 1 rings (SSSR count). The maximum atomic E-state index is 4.77. The maximum Gasteiger partial charge on any atom is 0.120 e. The van der Waals surface area contributed by atoms with Crippen LogP contribution in [-0.4, -0.2) is 6.61 Å². The first-order chi connectivity index (χ1) is 5.33. The molecule has 0 unspecified atom stereocenters. The highest BCUT2D eigenvalue weighted by molar-refractivity contribution is 14.1. The molecular formula is C7H4I2OS. The summed E-state index contributed by atoms with van der Waals surface area (Å²) >= 11 is 5.81. The first-order valence-electron chi connectivity index (χ1n) is 2.80. The quantitative estimate of drug-likeness (QED) is 0.530. The predicted octanol–water partition coefficient (Wildman–Crippen LogP) is 3.07. The molecule has 4 heteroatoms. The Labute approximate surface area is 97.4 Å². The fourth-order valence-corrected chi connectivity index (χ4v) is 2.18. The van der Waals surface area contributed by atoms with E-state index in [9.17, 15) is 0 Å². The fourth-order valence-electron chi connectivity index (χ4n) is 0.532. The first-order valence-corrected chi connectivity index (χ1v) is 5.58. The molecule has 58 valence electrons. The van der Waals surface area contributed by atoms with Gasteiger partial charge in [-0.2, -0.15) is 0 Å². The molecule has 0 fully saturated rings. The second-order valence-electron chi connectivity index (χ2n) is 1.66. The third-order valence-corrected chi connectivity index (χ3v) is 3.03. The Hall–Kier alpha value is 0.680. The normalized spacial score (nSPS) is 8.91. The number of halogens is 2. The zero-order valence-electron chi connectivity index (χ0n) is 5.43. The molecule has 0 aliphatic carbocycles. The third kappa shape index (κ3) is 3.73. The minimum atomic E-state index is 0.495. The average Bonchev–Trinajstić information content (AvgIpc) is 2.37. The minimum Gasteiger partial charge on any atom is -0.303 e. The smallest absolute Gasteiger partial charge is 0.120 e. The molecule has 1 aromatic rings. The van der Waals surface area contributed by atoms with Crippen molar-refractivity contribution in [3.63, 3.8) is 0 Å². The van der Waals surface area contributed by atoms with Crippen LogP contribution in [0, 0.1) is 14.7 Å². The summed E-state index contributed by atoms with van der Waals surface area (Å²) < 4.78 is 6.04.